The Labute approximate surface area is 112 Å². The van der Waals surface area contributed by atoms with Crippen LogP contribution in [0, 0.1) is 0 Å². The van der Waals surface area contributed by atoms with E-state index >= 15 is 0 Å². The summed E-state index contributed by atoms with van der Waals surface area (Å²) in [5.41, 5.74) is 2.38. The number of nitrogens with one attached hydrogen (secondary N) is 1. The zero-order chi connectivity index (χ0) is 12.4. The molecule has 1 saturated carbocycles. The zero-order valence-corrected chi connectivity index (χ0v) is 10.8. The van der Waals surface area contributed by atoms with Crippen molar-refractivity contribution < 1.29 is 0 Å². The van der Waals surface area contributed by atoms with Crippen molar-refractivity contribution >= 4 is 17.3 Å². The molecule has 0 unspecified atom stereocenters. The van der Waals surface area contributed by atoms with E-state index in [4.69, 9.17) is 11.6 Å². The molecule has 3 rings (SSSR count). The van der Waals surface area contributed by atoms with Gasteiger partial charge in [0.25, 0.3) is 0 Å². The molecule has 2 nitrogen and oxygen atoms in total. The minimum absolute atomic E-state index is 0.537. The molecular weight excluding hydrogens is 244 g/mol. The van der Waals surface area contributed by atoms with Crippen LogP contribution in [0.25, 0.3) is 0 Å². The second-order valence-corrected chi connectivity index (χ2v) is 5.18. The molecule has 1 heterocycles. The number of pyridine rings is 1. The van der Waals surface area contributed by atoms with Crippen molar-refractivity contribution in [2.45, 2.75) is 24.8 Å². The molecule has 1 aliphatic rings. The molecule has 0 bridgehead atoms. The number of hydrogen-bond donors (Lipinski definition) is 1. The van der Waals surface area contributed by atoms with Crippen LogP contribution in [0.3, 0.4) is 0 Å². The van der Waals surface area contributed by atoms with Gasteiger partial charge in [0.05, 0.1) is 5.69 Å². The quantitative estimate of drug-likeness (QED) is 0.897. The van der Waals surface area contributed by atoms with Crippen LogP contribution in [0.15, 0.2) is 48.8 Å². The average Bonchev–Trinajstić information content (AvgIpc) is 2.36. The summed E-state index contributed by atoms with van der Waals surface area (Å²) < 4.78 is 0. The Balaban J connectivity index is 1.59. The summed E-state index contributed by atoms with van der Waals surface area (Å²) in [6, 6.07) is 12.7. The maximum atomic E-state index is 6.21. The van der Waals surface area contributed by atoms with E-state index in [1.165, 1.54) is 5.56 Å². The van der Waals surface area contributed by atoms with Gasteiger partial charge in [-0.25, -0.2) is 0 Å². The van der Waals surface area contributed by atoms with Gasteiger partial charge in [-0.2, -0.15) is 0 Å². The van der Waals surface area contributed by atoms with E-state index in [0.717, 1.165) is 23.6 Å². The van der Waals surface area contributed by atoms with Crippen molar-refractivity contribution in [2.24, 2.45) is 0 Å². The van der Waals surface area contributed by atoms with Gasteiger partial charge in [-0.3, -0.25) is 4.98 Å². The fourth-order valence-electron chi connectivity index (χ4n) is 2.48. The molecule has 3 heteroatoms. The largest absolute Gasteiger partial charge is 0.381 e. The van der Waals surface area contributed by atoms with E-state index in [0.29, 0.717) is 12.0 Å². The minimum atomic E-state index is 0.537. The summed E-state index contributed by atoms with van der Waals surface area (Å²) in [6.07, 6.45) is 5.93. The van der Waals surface area contributed by atoms with Gasteiger partial charge in [0.2, 0.25) is 0 Å². The maximum absolute atomic E-state index is 6.21. The summed E-state index contributed by atoms with van der Waals surface area (Å²) in [5, 5.41) is 4.38. The van der Waals surface area contributed by atoms with E-state index < -0.39 is 0 Å². The Hall–Kier alpha value is -1.54. The fourth-order valence-corrected chi connectivity index (χ4v) is 2.77. The molecule has 1 aromatic carbocycles. The van der Waals surface area contributed by atoms with Gasteiger partial charge in [-0.05, 0) is 42.5 Å². The molecule has 1 aliphatic carbocycles. The third-order valence-corrected chi connectivity index (χ3v) is 3.86. The fraction of sp³-hybridized carbons (Fsp3) is 0.267. The molecule has 1 N–H and O–H groups in total. The Morgan fingerprint density at radius 1 is 1.11 bits per heavy atom. The first-order valence-corrected chi connectivity index (χ1v) is 6.62. The van der Waals surface area contributed by atoms with Crippen molar-refractivity contribution in [3.63, 3.8) is 0 Å². The smallest absolute Gasteiger partial charge is 0.0528 e. The van der Waals surface area contributed by atoms with Crippen LogP contribution in [0.2, 0.25) is 5.02 Å². The Kier molecular flexibility index (Phi) is 3.20. The Morgan fingerprint density at radius 3 is 2.67 bits per heavy atom. The van der Waals surface area contributed by atoms with Crippen LogP contribution in [0.1, 0.15) is 24.3 Å². The highest BCUT2D eigenvalue weighted by molar-refractivity contribution is 6.31. The third-order valence-electron chi connectivity index (χ3n) is 3.52. The first-order chi connectivity index (χ1) is 8.83. The van der Waals surface area contributed by atoms with Gasteiger partial charge in [-0.1, -0.05) is 29.8 Å². The first kappa shape index (κ1) is 11.5. The molecule has 0 saturated heterocycles. The highest BCUT2D eigenvalue weighted by Gasteiger charge is 2.31. The first-order valence-electron chi connectivity index (χ1n) is 6.24. The topological polar surface area (TPSA) is 24.9 Å². The maximum Gasteiger partial charge on any atom is 0.0528 e. The summed E-state index contributed by atoms with van der Waals surface area (Å²) in [6.45, 7) is 0. The lowest BCUT2D eigenvalue weighted by molar-refractivity contribution is 0.374. The third kappa shape index (κ3) is 2.34. The molecule has 0 atom stereocenters. The van der Waals surface area contributed by atoms with E-state index in [1.807, 2.05) is 24.4 Å². The molecule has 2 aromatic rings. The number of rotatable bonds is 3. The number of benzene rings is 1. The Morgan fingerprint density at radius 2 is 1.94 bits per heavy atom. The van der Waals surface area contributed by atoms with Gasteiger partial charge in [0.1, 0.15) is 0 Å². The molecule has 0 radical (unpaired) electrons. The number of aromatic nitrogens is 1. The summed E-state index contributed by atoms with van der Waals surface area (Å²) in [4.78, 5) is 4.10. The highest BCUT2D eigenvalue weighted by atomic mass is 35.5. The highest BCUT2D eigenvalue weighted by Crippen LogP contribution is 2.41. The van der Waals surface area contributed by atoms with Crippen LogP contribution in [-0.4, -0.2) is 11.0 Å². The normalized spacial score (nSPS) is 22.3. The molecule has 0 spiro atoms. The van der Waals surface area contributed by atoms with Crippen molar-refractivity contribution in [2.75, 3.05) is 5.32 Å². The number of halogens is 1. The molecule has 0 aliphatic heterocycles. The van der Waals surface area contributed by atoms with Gasteiger partial charge in [0.15, 0.2) is 0 Å². The van der Waals surface area contributed by atoms with Crippen molar-refractivity contribution in [1.82, 2.24) is 4.98 Å². The zero-order valence-electron chi connectivity index (χ0n) is 10.0. The molecule has 1 fully saturated rings. The van der Waals surface area contributed by atoms with Crippen LogP contribution >= 0.6 is 11.6 Å². The molecule has 1 aromatic heterocycles. The predicted molar refractivity (Wildman–Crippen MR) is 75.1 cm³/mol. The van der Waals surface area contributed by atoms with Crippen LogP contribution in [0.4, 0.5) is 5.69 Å². The van der Waals surface area contributed by atoms with Crippen LogP contribution < -0.4 is 5.32 Å². The summed E-state index contributed by atoms with van der Waals surface area (Å²) >= 11 is 6.21. The molecular formula is C15H15ClN2. The minimum Gasteiger partial charge on any atom is -0.381 e. The van der Waals surface area contributed by atoms with E-state index in [2.05, 4.69) is 28.5 Å². The second kappa shape index (κ2) is 4.99. The number of nitrogens with zero attached hydrogens (tertiary/aromatic N) is 1. The number of hydrogen-bond acceptors (Lipinski definition) is 2. The lowest BCUT2D eigenvalue weighted by Gasteiger charge is -2.37. The Bertz CT molecular complexity index is 521. The molecule has 18 heavy (non-hydrogen) atoms. The molecule has 0 amide bonds. The second-order valence-electron chi connectivity index (χ2n) is 4.77. The van der Waals surface area contributed by atoms with Crippen molar-refractivity contribution in [3.05, 3.63) is 59.4 Å². The molecule has 92 valence electrons. The van der Waals surface area contributed by atoms with Gasteiger partial charge >= 0.3 is 0 Å². The average molecular weight is 259 g/mol. The number of anilines is 1. The van der Waals surface area contributed by atoms with Crippen LogP contribution in [0.5, 0.6) is 0 Å². The van der Waals surface area contributed by atoms with Crippen LogP contribution in [-0.2, 0) is 0 Å². The van der Waals surface area contributed by atoms with Gasteiger partial charge < -0.3 is 5.32 Å². The lowest BCUT2D eigenvalue weighted by atomic mass is 9.76. The SMILES string of the molecule is Clc1ccccc1C1CC(Nc2cccnc2)C1. The van der Waals surface area contributed by atoms with Gasteiger partial charge in [0, 0.05) is 23.5 Å². The monoisotopic (exact) mass is 258 g/mol. The lowest BCUT2D eigenvalue weighted by Crippen LogP contribution is -2.34. The standard InChI is InChI=1S/C15H15ClN2/c16-15-6-2-1-5-14(15)11-8-13(9-11)18-12-4-3-7-17-10-12/h1-7,10-11,13,18H,8-9H2. The van der Waals surface area contributed by atoms with Crippen molar-refractivity contribution in [3.8, 4) is 0 Å². The van der Waals surface area contributed by atoms with Crippen molar-refractivity contribution in [1.29, 1.82) is 0 Å². The van der Waals surface area contributed by atoms with E-state index in [9.17, 15) is 0 Å². The van der Waals surface area contributed by atoms with E-state index in [1.54, 1.807) is 6.20 Å². The summed E-state index contributed by atoms with van der Waals surface area (Å²) in [7, 11) is 0. The predicted octanol–water partition coefficient (Wildman–Crippen LogP) is 4.09. The van der Waals surface area contributed by atoms with Gasteiger partial charge in [-0.15, -0.1) is 0 Å². The summed E-state index contributed by atoms with van der Waals surface area (Å²) in [5.74, 6) is 0.591. The van der Waals surface area contributed by atoms with E-state index in [-0.39, 0.29) is 0 Å².